The van der Waals surface area contributed by atoms with Crippen molar-refractivity contribution in [1.29, 1.82) is 0 Å². The lowest BCUT2D eigenvalue weighted by atomic mass is 10.2. The van der Waals surface area contributed by atoms with Crippen molar-refractivity contribution in [1.82, 2.24) is 10.2 Å². The predicted molar refractivity (Wildman–Crippen MR) is 93.0 cm³/mol. The fraction of sp³-hybridized carbons (Fsp3) is 0.588. The Morgan fingerprint density at radius 3 is 2.62 bits per heavy atom. The molecule has 0 bridgehead atoms. The van der Waals surface area contributed by atoms with Crippen molar-refractivity contribution in [3.63, 3.8) is 0 Å². The Hall–Kier alpha value is -1.44. The van der Waals surface area contributed by atoms with Gasteiger partial charge in [-0.2, -0.15) is 0 Å². The van der Waals surface area contributed by atoms with E-state index in [1.54, 1.807) is 18.2 Å². The van der Waals surface area contributed by atoms with E-state index < -0.39 is 9.84 Å². The SMILES string of the molecule is CCCS(=O)(=O)c1ccccc1C(=O)NC(C)CN1CCOCC1. The number of ether oxygens (including phenoxy) is 1. The maximum Gasteiger partial charge on any atom is 0.252 e. The van der Waals surface area contributed by atoms with Crippen molar-refractivity contribution in [2.75, 3.05) is 38.6 Å². The summed E-state index contributed by atoms with van der Waals surface area (Å²) in [5.74, 6) is -0.299. The number of carbonyl (C=O) groups excluding carboxylic acids is 1. The van der Waals surface area contributed by atoms with Gasteiger partial charge in [0.05, 0.1) is 29.4 Å². The molecule has 0 spiro atoms. The molecule has 7 heteroatoms. The number of benzene rings is 1. The average Bonchev–Trinajstić information content (AvgIpc) is 2.55. The van der Waals surface area contributed by atoms with E-state index in [-0.39, 0.29) is 28.2 Å². The molecule has 0 aliphatic carbocycles. The molecule has 134 valence electrons. The van der Waals surface area contributed by atoms with Crippen LogP contribution in [0, 0.1) is 0 Å². The molecular formula is C17H26N2O4S. The number of hydrogen-bond acceptors (Lipinski definition) is 5. The van der Waals surface area contributed by atoms with Gasteiger partial charge in [0.2, 0.25) is 0 Å². The maximum absolute atomic E-state index is 12.5. The van der Waals surface area contributed by atoms with E-state index in [9.17, 15) is 13.2 Å². The third kappa shape index (κ3) is 5.03. The molecule has 1 aliphatic heterocycles. The summed E-state index contributed by atoms with van der Waals surface area (Å²) in [4.78, 5) is 14.9. The third-order valence-electron chi connectivity index (χ3n) is 3.95. The highest BCUT2D eigenvalue weighted by Crippen LogP contribution is 2.18. The van der Waals surface area contributed by atoms with Gasteiger partial charge < -0.3 is 10.1 Å². The number of rotatable bonds is 7. The molecule has 1 unspecified atom stereocenters. The molecule has 0 saturated carbocycles. The fourth-order valence-corrected chi connectivity index (χ4v) is 4.36. The van der Waals surface area contributed by atoms with Crippen LogP contribution in [0.4, 0.5) is 0 Å². The second-order valence-electron chi connectivity index (χ2n) is 6.10. The number of nitrogens with one attached hydrogen (secondary N) is 1. The van der Waals surface area contributed by atoms with Gasteiger partial charge in [-0.25, -0.2) is 8.42 Å². The molecule has 1 atom stereocenters. The van der Waals surface area contributed by atoms with E-state index in [4.69, 9.17) is 4.74 Å². The highest BCUT2D eigenvalue weighted by Gasteiger charge is 2.23. The first-order valence-electron chi connectivity index (χ1n) is 8.37. The zero-order valence-electron chi connectivity index (χ0n) is 14.3. The Morgan fingerprint density at radius 2 is 1.96 bits per heavy atom. The van der Waals surface area contributed by atoms with Gasteiger partial charge in [-0.3, -0.25) is 9.69 Å². The van der Waals surface area contributed by atoms with Gasteiger partial charge in [0.1, 0.15) is 0 Å². The monoisotopic (exact) mass is 354 g/mol. The minimum atomic E-state index is -3.44. The third-order valence-corrected chi connectivity index (χ3v) is 5.92. The van der Waals surface area contributed by atoms with Gasteiger partial charge in [0.15, 0.2) is 9.84 Å². The largest absolute Gasteiger partial charge is 0.379 e. The number of carbonyl (C=O) groups is 1. The quantitative estimate of drug-likeness (QED) is 0.799. The Balaban J connectivity index is 2.06. The molecule has 1 aromatic rings. The summed E-state index contributed by atoms with van der Waals surface area (Å²) in [6, 6.07) is 6.34. The molecule has 1 saturated heterocycles. The molecule has 1 aliphatic rings. The topological polar surface area (TPSA) is 75.7 Å². The number of morpholine rings is 1. The Labute approximate surface area is 144 Å². The molecule has 1 amide bonds. The smallest absolute Gasteiger partial charge is 0.252 e. The number of amides is 1. The van der Waals surface area contributed by atoms with Gasteiger partial charge in [0, 0.05) is 25.7 Å². The second-order valence-corrected chi connectivity index (χ2v) is 8.18. The van der Waals surface area contributed by atoms with Crippen molar-refractivity contribution in [3.05, 3.63) is 29.8 Å². The molecule has 6 nitrogen and oxygen atoms in total. The highest BCUT2D eigenvalue weighted by atomic mass is 32.2. The van der Waals surface area contributed by atoms with Crippen molar-refractivity contribution in [2.24, 2.45) is 0 Å². The molecular weight excluding hydrogens is 328 g/mol. The molecule has 1 heterocycles. The molecule has 1 fully saturated rings. The van der Waals surface area contributed by atoms with Crippen molar-refractivity contribution in [2.45, 2.75) is 31.2 Å². The highest BCUT2D eigenvalue weighted by molar-refractivity contribution is 7.91. The Morgan fingerprint density at radius 1 is 1.29 bits per heavy atom. The molecule has 0 aromatic heterocycles. The summed E-state index contributed by atoms with van der Waals surface area (Å²) in [5, 5.41) is 2.91. The molecule has 24 heavy (non-hydrogen) atoms. The van der Waals surface area contributed by atoms with Crippen LogP contribution in [0.1, 0.15) is 30.6 Å². The van der Waals surface area contributed by atoms with Crippen LogP contribution in [0.3, 0.4) is 0 Å². The standard InChI is InChI=1S/C17H26N2O4S/c1-3-12-24(21,22)16-7-5-4-6-15(16)17(20)18-14(2)13-19-8-10-23-11-9-19/h4-7,14H,3,8-13H2,1-2H3,(H,18,20). The molecule has 2 rings (SSSR count). The van der Waals surface area contributed by atoms with Gasteiger partial charge >= 0.3 is 0 Å². The summed E-state index contributed by atoms with van der Waals surface area (Å²) in [6.45, 7) is 7.57. The minimum Gasteiger partial charge on any atom is -0.379 e. The van der Waals surface area contributed by atoms with Gasteiger partial charge in [-0.15, -0.1) is 0 Å². The lowest BCUT2D eigenvalue weighted by molar-refractivity contribution is 0.0342. The summed E-state index contributed by atoms with van der Waals surface area (Å²) < 4.78 is 30.0. The maximum atomic E-state index is 12.5. The molecule has 1 N–H and O–H groups in total. The van der Waals surface area contributed by atoms with E-state index in [1.807, 2.05) is 13.8 Å². The summed E-state index contributed by atoms with van der Waals surface area (Å²) in [7, 11) is -3.44. The predicted octanol–water partition coefficient (Wildman–Crippen LogP) is 1.32. The lowest BCUT2D eigenvalue weighted by Crippen LogP contribution is -2.46. The normalized spacial score (nSPS) is 17.4. The Kier molecular flexibility index (Phi) is 6.77. The van der Waals surface area contributed by atoms with E-state index in [0.29, 0.717) is 19.6 Å². The number of nitrogens with zero attached hydrogens (tertiary/aromatic N) is 1. The van der Waals surface area contributed by atoms with Crippen LogP contribution in [0.2, 0.25) is 0 Å². The Bertz CT molecular complexity index is 654. The lowest BCUT2D eigenvalue weighted by Gasteiger charge is -2.29. The van der Waals surface area contributed by atoms with Crippen molar-refractivity contribution in [3.8, 4) is 0 Å². The van der Waals surface area contributed by atoms with Crippen LogP contribution in [0.15, 0.2) is 29.2 Å². The van der Waals surface area contributed by atoms with Crippen LogP contribution >= 0.6 is 0 Å². The number of hydrogen-bond donors (Lipinski definition) is 1. The molecule has 1 aromatic carbocycles. The van der Waals surface area contributed by atoms with E-state index in [2.05, 4.69) is 10.2 Å². The fourth-order valence-electron chi connectivity index (χ4n) is 2.82. The van der Waals surface area contributed by atoms with Gasteiger partial charge in [-0.1, -0.05) is 19.1 Å². The van der Waals surface area contributed by atoms with Crippen molar-refractivity contribution >= 4 is 15.7 Å². The molecule has 0 radical (unpaired) electrons. The van der Waals surface area contributed by atoms with Crippen LogP contribution in [-0.4, -0.2) is 63.9 Å². The zero-order chi connectivity index (χ0) is 17.6. The van der Waals surface area contributed by atoms with Crippen LogP contribution < -0.4 is 5.32 Å². The van der Waals surface area contributed by atoms with E-state index in [0.717, 1.165) is 19.6 Å². The number of sulfone groups is 1. The van der Waals surface area contributed by atoms with Crippen LogP contribution in [0.25, 0.3) is 0 Å². The zero-order valence-corrected chi connectivity index (χ0v) is 15.1. The minimum absolute atomic E-state index is 0.0423. The van der Waals surface area contributed by atoms with E-state index in [1.165, 1.54) is 6.07 Å². The summed E-state index contributed by atoms with van der Waals surface area (Å²) in [5.41, 5.74) is 0.222. The van der Waals surface area contributed by atoms with Crippen LogP contribution in [-0.2, 0) is 14.6 Å². The van der Waals surface area contributed by atoms with Crippen LogP contribution in [0.5, 0.6) is 0 Å². The summed E-state index contributed by atoms with van der Waals surface area (Å²) in [6.07, 6.45) is 0.520. The second kappa shape index (κ2) is 8.60. The average molecular weight is 354 g/mol. The van der Waals surface area contributed by atoms with Crippen molar-refractivity contribution < 1.29 is 17.9 Å². The summed E-state index contributed by atoms with van der Waals surface area (Å²) >= 11 is 0. The first kappa shape index (κ1) is 18.9. The first-order valence-corrected chi connectivity index (χ1v) is 10.0. The van der Waals surface area contributed by atoms with E-state index >= 15 is 0 Å². The first-order chi connectivity index (χ1) is 11.4. The van der Waals surface area contributed by atoms with Gasteiger partial charge in [-0.05, 0) is 25.5 Å². The van der Waals surface area contributed by atoms with Gasteiger partial charge in [0.25, 0.3) is 5.91 Å².